The predicted molar refractivity (Wildman–Crippen MR) is 133 cm³/mol. The zero-order valence-electron chi connectivity index (χ0n) is 22.3. The zero-order valence-corrected chi connectivity index (χ0v) is 22.3. The maximum absolute atomic E-state index is 12.9. The van der Waals surface area contributed by atoms with Crippen LogP contribution in [0.3, 0.4) is 0 Å². The number of aliphatic carboxylic acids is 1. The maximum atomic E-state index is 12.9. The van der Waals surface area contributed by atoms with Crippen molar-refractivity contribution in [1.29, 1.82) is 0 Å². The standard InChI is InChI=1S/C30H46O5/c1-18-6-12-28(23(33)34)14-15-30-16-29(30,22(28)27(18,5)35)13-8-20-24(2)10-9-21(32)25(3,17-31)19(24)7-11-26(20,30)4/h8,13,18-22,31-32,35H,6-7,9-12,14-17H2,1-5H3,(H,33,34). The van der Waals surface area contributed by atoms with Crippen molar-refractivity contribution in [2.75, 3.05) is 6.61 Å². The molecule has 12 unspecified atom stereocenters. The van der Waals surface area contributed by atoms with E-state index in [1.54, 1.807) is 0 Å². The molecule has 6 rings (SSSR count). The summed E-state index contributed by atoms with van der Waals surface area (Å²) in [7, 11) is 0. The first-order chi connectivity index (χ1) is 16.2. The third-order valence-corrected chi connectivity index (χ3v) is 14.1. The van der Waals surface area contributed by atoms with E-state index in [9.17, 15) is 25.2 Å². The zero-order chi connectivity index (χ0) is 25.4. The lowest BCUT2D eigenvalue weighted by molar-refractivity contribution is -0.227. The van der Waals surface area contributed by atoms with Crippen molar-refractivity contribution in [3.63, 3.8) is 0 Å². The van der Waals surface area contributed by atoms with E-state index in [-0.39, 0.29) is 46.0 Å². The van der Waals surface area contributed by atoms with Crippen LogP contribution in [0.1, 0.15) is 92.4 Å². The van der Waals surface area contributed by atoms with Gasteiger partial charge in [0.15, 0.2) is 0 Å². The van der Waals surface area contributed by atoms with Gasteiger partial charge in [0.2, 0.25) is 0 Å². The van der Waals surface area contributed by atoms with Crippen LogP contribution < -0.4 is 0 Å². The van der Waals surface area contributed by atoms with E-state index in [0.717, 1.165) is 44.9 Å². The highest BCUT2D eigenvalue weighted by molar-refractivity contribution is 5.77. The second-order valence-electron chi connectivity index (χ2n) is 14.9. The van der Waals surface area contributed by atoms with Crippen LogP contribution in [0.4, 0.5) is 0 Å². The van der Waals surface area contributed by atoms with Crippen LogP contribution in [0.2, 0.25) is 0 Å². The first-order valence-corrected chi connectivity index (χ1v) is 14.2. The summed E-state index contributed by atoms with van der Waals surface area (Å²) in [6.07, 6.45) is 12.1. The third-order valence-electron chi connectivity index (χ3n) is 14.1. The Labute approximate surface area is 210 Å². The largest absolute Gasteiger partial charge is 0.481 e. The monoisotopic (exact) mass is 486 g/mol. The summed E-state index contributed by atoms with van der Waals surface area (Å²) in [6, 6.07) is 0. The Kier molecular flexibility index (Phi) is 4.71. The normalized spacial score (nSPS) is 62.6. The Bertz CT molecular complexity index is 989. The van der Waals surface area contributed by atoms with Gasteiger partial charge in [-0.1, -0.05) is 39.8 Å². The number of carboxylic acid groups (broad SMARTS) is 1. The first-order valence-electron chi connectivity index (χ1n) is 14.2. The predicted octanol–water partition coefficient (Wildman–Crippen LogP) is 4.79. The summed E-state index contributed by atoms with van der Waals surface area (Å²) < 4.78 is 0. The minimum absolute atomic E-state index is 0.00653. The quantitative estimate of drug-likeness (QED) is 0.421. The lowest BCUT2D eigenvalue weighted by atomic mass is 9.36. The van der Waals surface area contributed by atoms with E-state index >= 15 is 0 Å². The van der Waals surface area contributed by atoms with E-state index < -0.39 is 28.5 Å². The number of hydrogen-bond acceptors (Lipinski definition) is 4. The summed E-state index contributed by atoms with van der Waals surface area (Å²) >= 11 is 0. The van der Waals surface area contributed by atoms with Gasteiger partial charge >= 0.3 is 5.97 Å². The molecule has 5 heteroatoms. The van der Waals surface area contributed by atoms with Crippen LogP contribution in [0.15, 0.2) is 12.2 Å². The van der Waals surface area contributed by atoms with Crippen molar-refractivity contribution in [2.24, 2.45) is 56.2 Å². The fraction of sp³-hybridized carbons (Fsp3) is 0.900. The molecule has 5 nitrogen and oxygen atoms in total. The smallest absolute Gasteiger partial charge is 0.310 e. The average Bonchev–Trinajstić information content (AvgIpc) is 3.50. The van der Waals surface area contributed by atoms with E-state index in [2.05, 4.69) is 39.8 Å². The molecule has 4 N–H and O–H groups in total. The average molecular weight is 487 g/mol. The highest BCUT2D eigenvalue weighted by Gasteiger charge is 2.86. The molecule has 0 heterocycles. The molecule has 0 aromatic rings. The van der Waals surface area contributed by atoms with Crippen LogP contribution in [0, 0.1) is 56.2 Å². The summed E-state index contributed by atoms with van der Waals surface area (Å²) in [6.45, 7) is 11.0. The Morgan fingerprint density at radius 2 is 1.71 bits per heavy atom. The van der Waals surface area contributed by atoms with E-state index in [4.69, 9.17) is 0 Å². The van der Waals surface area contributed by atoms with Crippen molar-refractivity contribution in [2.45, 2.75) is 104 Å². The Hall–Kier alpha value is -0.910. The minimum Gasteiger partial charge on any atom is -0.481 e. The number of fused-ring (bicyclic) bond motifs is 4. The van der Waals surface area contributed by atoms with Gasteiger partial charge < -0.3 is 20.4 Å². The molecule has 6 aliphatic carbocycles. The number of aliphatic hydroxyl groups excluding tert-OH is 2. The van der Waals surface area contributed by atoms with E-state index in [1.165, 1.54) is 0 Å². The van der Waals surface area contributed by atoms with Gasteiger partial charge in [-0.25, -0.2) is 0 Å². The van der Waals surface area contributed by atoms with E-state index in [1.807, 2.05) is 6.92 Å². The first kappa shape index (κ1) is 24.4. The molecule has 0 radical (unpaired) electrons. The van der Waals surface area contributed by atoms with Crippen LogP contribution in [-0.2, 0) is 4.79 Å². The number of carbonyl (C=O) groups is 1. The molecular formula is C30H46O5. The summed E-state index contributed by atoms with van der Waals surface area (Å²) in [4.78, 5) is 12.9. The summed E-state index contributed by atoms with van der Waals surface area (Å²) in [5, 5.41) is 43.9. The fourth-order valence-corrected chi connectivity index (χ4v) is 12.0. The Morgan fingerprint density at radius 1 is 1.00 bits per heavy atom. The van der Waals surface area contributed by atoms with Gasteiger partial charge in [0.25, 0.3) is 0 Å². The second-order valence-corrected chi connectivity index (χ2v) is 14.9. The van der Waals surface area contributed by atoms with Gasteiger partial charge in [-0.05, 0) is 98.7 Å². The van der Waals surface area contributed by atoms with Crippen LogP contribution >= 0.6 is 0 Å². The summed E-state index contributed by atoms with van der Waals surface area (Å²) in [5.41, 5.74) is -2.51. The third kappa shape index (κ3) is 2.41. The molecule has 196 valence electrons. The lowest BCUT2D eigenvalue weighted by Gasteiger charge is -2.69. The van der Waals surface area contributed by atoms with Gasteiger partial charge in [0.1, 0.15) is 0 Å². The van der Waals surface area contributed by atoms with Crippen molar-refractivity contribution in [3.05, 3.63) is 12.2 Å². The molecule has 0 saturated heterocycles. The molecule has 12 atom stereocenters. The topological polar surface area (TPSA) is 98.0 Å². The van der Waals surface area contributed by atoms with Gasteiger partial charge in [-0.2, -0.15) is 0 Å². The highest BCUT2D eigenvalue weighted by atomic mass is 16.4. The van der Waals surface area contributed by atoms with Gasteiger partial charge in [0.05, 0.1) is 23.7 Å². The van der Waals surface area contributed by atoms with Crippen LogP contribution in [-0.4, -0.2) is 44.7 Å². The van der Waals surface area contributed by atoms with Crippen molar-refractivity contribution >= 4 is 5.97 Å². The Balaban J connectivity index is 1.49. The number of carboxylic acids is 1. The molecule has 0 aromatic carbocycles. The molecular weight excluding hydrogens is 440 g/mol. The van der Waals surface area contributed by atoms with Gasteiger partial charge in [-0.3, -0.25) is 4.79 Å². The molecule has 0 aromatic heterocycles. The number of rotatable bonds is 2. The molecule has 6 aliphatic rings. The van der Waals surface area contributed by atoms with Crippen LogP contribution in [0.25, 0.3) is 0 Å². The molecule has 5 fully saturated rings. The highest BCUT2D eigenvalue weighted by Crippen LogP contribution is 2.90. The molecule has 35 heavy (non-hydrogen) atoms. The summed E-state index contributed by atoms with van der Waals surface area (Å²) in [5.74, 6) is -0.281. The molecule has 0 aliphatic heterocycles. The molecule has 0 spiro atoms. The van der Waals surface area contributed by atoms with Gasteiger partial charge in [-0.15, -0.1) is 0 Å². The molecule has 0 bridgehead atoms. The van der Waals surface area contributed by atoms with Crippen molar-refractivity contribution in [1.82, 2.24) is 0 Å². The minimum atomic E-state index is -1.00. The van der Waals surface area contributed by atoms with Crippen molar-refractivity contribution < 1.29 is 25.2 Å². The lowest BCUT2D eigenvalue weighted by Crippen LogP contribution is -2.67. The number of aliphatic hydroxyl groups is 3. The molecule has 0 amide bonds. The van der Waals surface area contributed by atoms with Crippen molar-refractivity contribution in [3.8, 4) is 0 Å². The maximum Gasteiger partial charge on any atom is 0.310 e. The fourth-order valence-electron chi connectivity index (χ4n) is 12.0. The SMILES string of the molecule is CC1CCC2(C(=O)O)CCC34CC3(C=CC3C5(C)CCC(O)C(C)(CO)C5CCC34C)C2C1(C)O. The van der Waals surface area contributed by atoms with E-state index in [0.29, 0.717) is 18.8 Å². The van der Waals surface area contributed by atoms with Gasteiger partial charge in [0, 0.05) is 16.7 Å². The molecule has 5 saturated carbocycles. The number of hydrogen-bond donors (Lipinski definition) is 4. The van der Waals surface area contributed by atoms with Crippen LogP contribution in [0.5, 0.6) is 0 Å². The number of allylic oxidation sites excluding steroid dienone is 2. The second kappa shape index (κ2) is 6.74. The Morgan fingerprint density at radius 3 is 2.37 bits per heavy atom.